The van der Waals surface area contributed by atoms with Gasteiger partial charge in [-0.3, -0.25) is 35.1 Å². The van der Waals surface area contributed by atoms with E-state index < -0.39 is 68.3 Å². The van der Waals surface area contributed by atoms with Gasteiger partial charge in [0.25, 0.3) is 36.1 Å². The topological polar surface area (TPSA) is 405 Å². The van der Waals surface area contributed by atoms with Gasteiger partial charge in [0.15, 0.2) is 44.5 Å². The molecule has 14 rings (SSSR count). The summed E-state index contributed by atoms with van der Waals surface area (Å²) < 4.78 is 149. The number of nitrogen functional groups attached to an aromatic ring is 1. The summed E-state index contributed by atoms with van der Waals surface area (Å²) in [5.74, 6) is 0.983. The van der Waals surface area contributed by atoms with Gasteiger partial charge in [-0.2, -0.15) is 0 Å². The molecule has 138 heavy (non-hydrogen) atoms. The molecular weight excluding hydrogens is 2060 g/mol. The minimum atomic E-state index is -3.85. The molecule has 36 heteroatoms. The van der Waals surface area contributed by atoms with Crippen molar-refractivity contribution < 1.29 is 70.4 Å². The molecule has 0 aliphatic heterocycles. The first-order valence-corrected chi connectivity index (χ1v) is 57.0. The quantitative estimate of drug-likeness (QED) is 0.00458. The van der Waals surface area contributed by atoms with Gasteiger partial charge in [-0.15, -0.1) is 35.7 Å². The molecule has 14 aromatic rings. The number of anilines is 2. The molecule has 25 nitrogen and oxygen atoms in total. The molecule has 0 amide bonds. The first kappa shape index (κ1) is 114. The molecule has 0 aliphatic rings. The molecule has 0 atom stereocenters. The number of aliphatic hydroxyl groups excluding tert-OH is 1. The van der Waals surface area contributed by atoms with Crippen LogP contribution < -0.4 is 10.5 Å². The maximum Gasteiger partial charge on any atom is 0.269 e. The fraction of sp³-hybridized carbons (Fsp3) is 0.206. The fourth-order valence-corrected chi connectivity index (χ4v) is 21.5. The number of non-ortho nitro benzene ring substituents is 3. The number of thiazole rings is 1. The van der Waals surface area contributed by atoms with Crippen LogP contribution in [0.2, 0.25) is 0 Å². The van der Waals surface area contributed by atoms with Gasteiger partial charge >= 0.3 is 0 Å². The Balaban J connectivity index is 0.000000219. The van der Waals surface area contributed by atoms with E-state index in [1.165, 1.54) is 141 Å². The van der Waals surface area contributed by atoms with Crippen molar-refractivity contribution in [2.45, 2.75) is 133 Å². The summed E-state index contributed by atoms with van der Waals surface area (Å²) in [6.45, 7) is 14.4. The number of nitrogens with two attached hydrogens (primary N) is 1. The van der Waals surface area contributed by atoms with Crippen molar-refractivity contribution in [1.82, 2.24) is 4.98 Å². The highest BCUT2D eigenvalue weighted by Gasteiger charge is 2.23. The number of halogens is 2. The molecule has 1 heterocycles. The molecule has 4 N–H and O–H groups in total. The zero-order valence-corrected chi connectivity index (χ0v) is 87.0. The Kier molecular flexibility index (Phi) is 46.2. The molecule has 1 aromatic heterocycles. The summed E-state index contributed by atoms with van der Waals surface area (Å²) in [7, 11) is -16.1. The number of sulfone groups is 4. The third kappa shape index (κ3) is 41.4. The highest BCUT2D eigenvalue weighted by molar-refractivity contribution is 14.1. The van der Waals surface area contributed by atoms with Gasteiger partial charge in [0.2, 0.25) is 0 Å². The van der Waals surface area contributed by atoms with Crippen molar-refractivity contribution in [2.24, 2.45) is 0 Å². The van der Waals surface area contributed by atoms with Crippen LogP contribution in [0.15, 0.2) is 366 Å². The van der Waals surface area contributed by atoms with Gasteiger partial charge in [-0.1, -0.05) is 231 Å². The average molecular weight is 2170 g/mol. The lowest BCUT2D eigenvalue weighted by molar-refractivity contribution is -0.385. The molecule has 728 valence electrons. The average Bonchev–Trinajstić information content (AvgIpc) is 1.11. The summed E-state index contributed by atoms with van der Waals surface area (Å²) in [6.07, 6.45) is 6.19. The number of aliphatic hydroxyl groups is 1. The monoisotopic (exact) mass is 2170 g/mol. The van der Waals surface area contributed by atoms with E-state index in [0.29, 0.717) is 36.3 Å². The van der Waals surface area contributed by atoms with Gasteiger partial charge in [0.1, 0.15) is 0 Å². The molecule has 0 aliphatic carbocycles. The predicted molar refractivity (Wildman–Crippen MR) is 565 cm³/mol. The molecule has 0 radical (unpaired) electrons. The smallest absolute Gasteiger partial charge is 0.269 e. The van der Waals surface area contributed by atoms with E-state index in [4.69, 9.17) is 21.5 Å². The van der Waals surface area contributed by atoms with Crippen LogP contribution in [0.4, 0.5) is 27.9 Å². The van der Waals surface area contributed by atoms with Crippen LogP contribution in [-0.4, -0.2) is 115 Å². The van der Waals surface area contributed by atoms with Crippen LogP contribution in [-0.2, 0) is 103 Å². The Bertz CT molecular complexity index is 6880. The van der Waals surface area contributed by atoms with Crippen molar-refractivity contribution in [3.05, 3.63) is 435 Å². The lowest BCUT2D eigenvalue weighted by atomic mass is 10.1. The van der Waals surface area contributed by atoms with Crippen LogP contribution in [0.25, 0.3) is 0 Å². The number of nitro groups is 3. The number of hydrogen-bond donors (Lipinski definition) is 4. The normalized spacial score (nSPS) is 11.1. The molecule has 0 bridgehead atoms. The number of aryl methyl sites for hydroxylation is 13. The van der Waals surface area contributed by atoms with E-state index in [-0.39, 0.29) is 81.2 Å². The van der Waals surface area contributed by atoms with Crippen molar-refractivity contribution in [3.63, 3.8) is 0 Å². The van der Waals surface area contributed by atoms with E-state index >= 15 is 0 Å². The number of nitro benzene ring substituents is 3. The molecule has 0 saturated heterocycles. The largest absolute Gasteiger partial charge is 0.399 e. The number of aromatic nitrogens is 1. The van der Waals surface area contributed by atoms with E-state index in [1.807, 2.05) is 137 Å². The number of rotatable bonds is 31. The molecule has 13 aromatic carbocycles. The van der Waals surface area contributed by atoms with Crippen LogP contribution in [0.3, 0.4) is 0 Å². The number of thioether (sulfide) groups is 1. The Morgan fingerprint density at radius 2 is 0.616 bits per heavy atom. The number of benzene rings is 13. The van der Waals surface area contributed by atoms with Gasteiger partial charge in [-0.25, -0.2) is 55.5 Å². The standard InChI is InChI=1S/C18H18N2O4S3.C15H15ClO4S2.C15H15NO4S.C15H17NO2S.C15H15NO2S.C9H11I.C9H12O.C6H5NO2S/c1-14-2-4-15(5-3-14)10-13-26(21,22)16-6-8-17(9-7-16)27(23,24)20-18-19-11-12-25-18;1-12-2-4-13(5-3-12)10-11-21(17,18)14-6-8-15(9-7-14)22(16,19)20;1-12-2-4-13(5-3-12)10-11-21(19,20)15-8-6-14(7-9-15)16(17)18;1-12-2-4-13(5-3-12)10-11-19(17,18)15-8-6-14(16)7-9-15;1-12-2-4-13(5-3-12)10-11-19-15-8-6-14(7-9-15)16(17)18;2*1-8-2-4-9(5-3-8)6-7-10;8-7(9)5-1-3-6(10)4-2-5/h2-9,11-12H,10,13H2,1H3,(H,19,20);2-9H,10-11H2,1H3;2-9H,10-11H2,1H3;2-9H,10-11,16H2,1H3;2-9H,10-11H2,1H3;2-5H,6-7H2,1H3;2-5,10H,6-7H2,1H3;1-4,10H. The van der Waals surface area contributed by atoms with Crippen molar-refractivity contribution in [2.75, 3.05) is 50.3 Å². The van der Waals surface area contributed by atoms with Gasteiger partial charge in [-0.05, 0) is 242 Å². The number of alkyl halides is 1. The molecule has 0 fully saturated rings. The third-order valence-electron chi connectivity index (χ3n) is 20.3. The first-order chi connectivity index (χ1) is 65.3. The number of nitrogens with one attached hydrogen (secondary N) is 1. The zero-order valence-electron chi connectivity index (χ0n) is 76.7. The minimum absolute atomic E-state index is 0.0183. The van der Waals surface area contributed by atoms with E-state index in [0.717, 1.165) is 78.7 Å². The van der Waals surface area contributed by atoms with Crippen LogP contribution in [0.5, 0.6) is 0 Å². The Morgan fingerprint density at radius 3 is 0.891 bits per heavy atom. The summed E-state index contributed by atoms with van der Waals surface area (Å²) in [5, 5.41) is 41.7. The summed E-state index contributed by atoms with van der Waals surface area (Å²) in [4.78, 5) is 36.0. The second-order valence-electron chi connectivity index (χ2n) is 31.4. The highest BCUT2D eigenvalue weighted by Crippen LogP contribution is 2.27. The SMILES string of the molecule is Cc1ccc(CCI)cc1.Cc1ccc(CCO)cc1.Cc1ccc(CCS(=O)(=O)c2ccc(N)cc2)cc1.Cc1ccc(CCS(=O)(=O)c2ccc(S(=O)(=O)Cl)cc2)cc1.Cc1ccc(CCS(=O)(=O)c2ccc(S(=O)(=O)Nc3nccs3)cc2)cc1.Cc1ccc(CCS(=O)(=O)c2ccc([N+](=O)[O-])cc2)cc1.Cc1ccc(CCSc2ccc([N+](=O)[O-])cc2)cc1.O=[N+]([O-])c1ccc(S)cc1. The number of thiol groups is 1. The van der Waals surface area contributed by atoms with Gasteiger partial charge < -0.3 is 10.8 Å². The number of nitrogens with zero attached hydrogens (tertiary/aromatic N) is 4. The summed E-state index contributed by atoms with van der Waals surface area (Å²) in [6, 6.07) is 90.6. The van der Waals surface area contributed by atoms with E-state index in [2.05, 4.69) is 126 Å². The van der Waals surface area contributed by atoms with Crippen molar-refractivity contribution >= 4 is 155 Å². The lowest BCUT2D eigenvalue weighted by Crippen LogP contribution is -2.13. The van der Waals surface area contributed by atoms with Gasteiger partial charge in [0.05, 0.1) is 67.2 Å². The molecule has 0 unspecified atom stereocenters. The van der Waals surface area contributed by atoms with Crippen molar-refractivity contribution in [1.29, 1.82) is 0 Å². The number of hydrogen-bond acceptors (Lipinski definition) is 24. The van der Waals surface area contributed by atoms with Crippen molar-refractivity contribution in [3.8, 4) is 0 Å². The summed E-state index contributed by atoms with van der Waals surface area (Å²) >= 11 is 9.25. The maximum absolute atomic E-state index is 12.5. The van der Waals surface area contributed by atoms with Crippen LogP contribution in [0.1, 0.15) is 77.9 Å². The molecule has 0 saturated carbocycles. The third-order valence-corrected chi connectivity index (χ3v) is 32.6. The van der Waals surface area contributed by atoms with E-state index in [1.54, 1.807) is 77.8 Å². The van der Waals surface area contributed by atoms with Crippen LogP contribution >= 0.6 is 69.0 Å². The Hall–Kier alpha value is -11.3. The Labute approximate surface area is 841 Å². The molecular formula is C102H108ClIN6O19S9. The minimum Gasteiger partial charge on any atom is -0.399 e. The highest BCUT2D eigenvalue weighted by atomic mass is 127. The Morgan fingerprint density at radius 1 is 0.362 bits per heavy atom. The zero-order chi connectivity index (χ0) is 101. The van der Waals surface area contributed by atoms with E-state index in [9.17, 15) is 80.8 Å². The first-order valence-electron chi connectivity index (χ1n) is 42.8. The predicted octanol–water partition coefficient (Wildman–Crippen LogP) is 22.3. The second kappa shape index (κ2) is 56.1. The second-order valence-corrected chi connectivity index (χ2v) is 47.7. The fourth-order valence-electron chi connectivity index (χ4n) is 12.1. The number of sulfonamides is 1. The summed E-state index contributed by atoms with van der Waals surface area (Å²) in [5.41, 5.74) is 22.5. The molecule has 0 spiro atoms. The van der Waals surface area contributed by atoms with Crippen LogP contribution in [0, 0.1) is 78.8 Å². The maximum atomic E-state index is 12.5. The lowest BCUT2D eigenvalue weighted by Gasteiger charge is -2.08. The van der Waals surface area contributed by atoms with Gasteiger partial charge in [0, 0.05) is 90.9 Å².